The van der Waals surface area contributed by atoms with Gasteiger partial charge in [-0.3, -0.25) is 19.8 Å². The van der Waals surface area contributed by atoms with Crippen molar-refractivity contribution in [2.45, 2.75) is 26.7 Å². The molecule has 0 N–H and O–H groups in total. The third kappa shape index (κ3) is 5.70. The highest BCUT2D eigenvalue weighted by atomic mass is 35.5. The average Bonchev–Trinajstić information content (AvgIpc) is 3.53. The molecular weight excluding hydrogens is 569 g/mol. The minimum Gasteiger partial charge on any atom is -0.457 e. The number of amides is 1. The van der Waals surface area contributed by atoms with Gasteiger partial charge < -0.3 is 4.42 Å². The lowest BCUT2D eigenvalue weighted by atomic mass is 10.1. The molecule has 1 aliphatic heterocycles. The lowest BCUT2D eigenvalue weighted by molar-refractivity contribution is -0.384. The predicted molar refractivity (Wildman–Crippen MR) is 163 cm³/mol. The minimum absolute atomic E-state index is 0.0659. The number of aliphatic imine (C=N–C) groups is 1. The third-order valence-electron chi connectivity index (χ3n) is 6.38. The van der Waals surface area contributed by atoms with Crippen molar-refractivity contribution in [3.05, 3.63) is 115 Å². The van der Waals surface area contributed by atoms with Crippen molar-refractivity contribution in [2.75, 3.05) is 4.90 Å². The Morgan fingerprint density at radius 1 is 0.950 bits per heavy atom. The lowest BCUT2D eigenvalue weighted by Crippen LogP contribution is -2.28. The van der Waals surface area contributed by atoms with E-state index in [1.165, 1.54) is 29.5 Å². The normalized spacial score (nSPS) is 15.4. The molecule has 1 aromatic heterocycles. The van der Waals surface area contributed by atoms with E-state index in [2.05, 4.69) is 13.8 Å². The Morgan fingerprint density at radius 2 is 1.60 bits per heavy atom. The maximum Gasteiger partial charge on any atom is 0.288 e. The number of hydrogen-bond acceptors (Lipinski definition) is 6. The van der Waals surface area contributed by atoms with Gasteiger partial charge in [0.2, 0.25) is 0 Å². The van der Waals surface area contributed by atoms with E-state index in [4.69, 9.17) is 32.6 Å². The van der Waals surface area contributed by atoms with E-state index in [0.29, 0.717) is 32.8 Å². The number of carbonyl (C=O) groups is 1. The van der Waals surface area contributed by atoms with E-state index >= 15 is 0 Å². The lowest BCUT2D eigenvalue weighted by Gasteiger charge is -2.16. The van der Waals surface area contributed by atoms with Gasteiger partial charge in [0.1, 0.15) is 16.5 Å². The fourth-order valence-corrected chi connectivity index (χ4v) is 5.67. The molecule has 0 atom stereocenters. The van der Waals surface area contributed by atoms with Crippen LogP contribution in [0.2, 0.25) is 10.0 Å². The van der Waals surface area contributed by atoms with E-state index in [-0.39, 0.29) is 21.6 Å². The smallest absolute Gasteiger partial charge is 0.288 e. The molecule has 0 bridgehead atoms. The number of rotatable bonds is 7. The predicted octanol–water partition coefficient (Wildman–Crippen LogP) is 9.09. The second-order valence-electron chi connectivity index (χ2n) is 8.93. The van der Waals surface area contributed by atoms with Crippen molar-refractivity contribution >= 4 is 69.2 Å². The standard InChI is InChI=1S/C30H23Cl2N3O4S/c1-3-18-5-9-20(10-6-18)33-30-34(21-11-7-19(4-2)8-12-21)29(36)28(40-30)15-22-13-14-27(39-22)23-16-26(35(37)38)25(32)17-24(23)31/h5-17H,3-4H2,1-2H3/b28-15-,33-30?. The topological polar surface area (TPSA) is 89.0 Å². The van der Waals surface area contributed by atoms with Crippen molar-refractivity contribution in [1.82, 2.24) is 0 Å². The highest BCUT2D eigenvalue weighted by Gasteiger charge is 2.35. The molecule has 1 saturated heterocycles. The highest BCUT2D eigenvalue weighted by Crippen LogP contribution is 2.40. The van der Waals surface area contributed by atoms with Gasteiger partial charge in [-0.1, -0.05) is 61.3 Å². The van der Waals surface area contributed by atoms with Gasteiger partial charge in [0.05, 0.1) is 26.2 Å². The van der Waals surface area contributed by atoms with Gasteiger partial charge in [0.25, 0.3) is 11.6 Å². The summed E-state index contributed by atoms with van der Waals surface area (Å²) in [5, 5.41) is 12.0. The molecule has 0 saturated carbocycles. The van der Waals surface area contributed by atoms with Gasteiger partial charge in [0, 0.05) is 17.7 Å². The maximum absolute atomic E-state index is 13.7. The molecular formula is C30H23Cl2N3O4S. The van der Waals surface area contributed by atoms with Gasteiger partial charge >= 0.3 is 0 Å². The van der Waals surface area contributed by atoms with Crippen LogP contribution >= 0.6 is 35.0 Å². The van der Waals surface area contributed by atoms with Crippen LogP contribution in [-0.4, -0.2) is 16.0 Å². The Balaban J connectivity index is 1.51. The summed E-state index contributed by atoms with van der Waals surface area (Å²) >= 11 is 13.5. The summed E-state index contributed by atoms with van der Waals surface area (Å²) in [5.74, 6) is 0.453. The monoisotopic (exact) mass is 591 g/mol. The first-order valence-corrected chi connectivity index (χ1v) is 14.1. The average molecular weight is 593 g/mol. The molecule has 0 spiro atoms. The molecule has 0 radical (unpaired) electrons. The van der Waals surface area contributed by atoms with Crippen LogP contribution in [-0.2, 0) is 17.6 Å². The van der Waals surface area contributed by atoms with Gasteiger partial charge in [-0.2, -0.15) is 0 Å². The molecule has 1 fully saturated rings. The summed E-state index contributed by atoms with van der Waals surface area (Å²) in [6.07, 6.45) is 3.44. The van der Waals surface area contributed by atoms with Crippen molar-refractivity contribution < 1.29 is 14.1 Å². The largest absolute Gasteiger partial charge is 0.457 e. The number of nitrogens with zero attached hydrogens (tertiary/aromatic N) is 3. The van der Waals surface area contributed by atoms with Gasteiger partial charge in [-0.15, -0.1) is 0 Å². The number of furan rings is 1. The van der Waals surface area contributed by atoms with Gasteiger partial charge in [0.15, 0.2) is 5.17 Å². The summed E-state index contributed by atoms with van der Waals surface area (Å²) in [7, 11) is 0. The van der Waals surface area contributed by atoms with Crippen LogP contribution in [0.15, 0.2) is 87.1 Å². The van der Waals surface area contributed by atoms with E-state index in [0.717, 1.165) is 24.1 Å². The number of nitro benzene ring substituents is 1. The first kappa shape index (κ1) is 27.7. The number of amidine groups is 1. The minimum atomic E-state index is -0.583. The zero-order valence-corrected chi connectivity index (χ0v) is 23.9. The summed E-state index contributed by atoms with van der Waals surface area (Å²) < 4.78 is 5.94. The quantitative estimate of drug-likeness (QED) is 0.121. The molecule has 4 aromatic rings. The van der Waals surface area contributed by atoms with Crippen LogP contribution in [0.5, 0.6) is 0 Å². The first-order chi connectivity index (χ1) is 19.3. The number of aryl methyl sites for hydroxylation is 2. The second kappa shape index (κ2) is 11.7. The van der Waals surface area contributed by atoms with Crippen molar-refractivity contribution in [2.24, 2.45) is 4.99 Å². The number of hydrogen-bond donors (Lipinski definition) is 0. The molecule has 0 unspecified atom stereocenters. The van der Waals surface area contributed by atoms with Crippen molar-refractivity contribution in [3.8, 4) is 11.3 Å². The van der Waals surface area contributed by atoms with Crippen molar-refractivity contribution in [3.63, 3.8) is 0 Å². The van der Waals surface area contributed by atoms with E-state index in [1.54, 1.807) is 23.1 Å². The molecule has 1 aliphatic rings. The molecule has 7 nitrogen and oxygen atoms in total. The molecule has 202 valence electrons. The van der Waals surface area contributed by atoms with E-state index in [9.17, 15) is 14.9 Å². The van der Waals surface area contributed by atoms with Crippen LogP contribution in [0.1, 0.15) is 30.7 Å². The summed E-state index contributed by atoms with van der Waals surface area (Å²) in [6, 6.07) is 21.6. The van der Waals surface area contributed by atoms with Crippen molar-refractivity contribution in [1.29, 1.82) is 0 Å². The number of carbonyl (C=O) groups excluding carboxylic acids is 1. The molecule has 10 heteroatoms. The first-order valence-electron chi connectivity index (χ1n) is 12.5. The molecule has 3 aromatic carbocycles. The van der Waals surface area contributed by atoms with Gasteiger partial charge in [-0.25, -0.2) is 4.99 Å². The van der Waals surface area contributed by atoms with Gasteiger partial charge in [-0.05, 0) is 78.2 Å². The Kier molecular flexibility index (Phi) is 8.12. The highest BCUT2D eigenvalue weighted by molar-refractivity contribution is 8.19. The van der Waals surface area contributed by atoms with E-state index < -0.39 is 4.92 Å². The van der Waals surface area contributed by atoms with E-state index in [1.807, 2.05) is 48.5 Å². The Bertz CT molecular complexity index is 1660. The van der Waals surface area contributed by atoms with Crippen LogP contribution in [0.25, 0.3) is 17.4 Å². The van der Waals surface area contributed by atoms with Crippen LogP contribution in [0.3, 0.4) is 0 Å². The SMILES string of the molecule is CCc1ccc(N=C2S/C(=C\c3ccc(-c4cc([N+](=O)[O-])c(Cl)cc4Cl)o3)C(=O)N2c2ccc(CC)cc2)cc1. The molecule has 1 amide bonds. The summed E-state index contributed by atoms with van der Waals surface area (Å²) in [5.41, 5.74) is 3.86. The fraction of sp³-hybridized carbons (Fsp3) is 0.133. The second-order valence-corrected chi connectivity index (χ2v) is 10.8. The number of nitro groups is 1. The zero-order valence-electron chi connectivity index (χ0n) is 21.6. The van der Waals surface area contributed by atoms with Crippen LogP contribution < -0.4 is 4.90 Å². The maximum atomic E-state index is 13.7. The molecule has 40 heavy (non-hydrogen) atoms. The Hall–Kier alpha value is -3.85. The number of benzene rings is 3. The Morgan fingerprint density at radius 3 is 2.23 bits per heavy atom. The summed E-state index contributed by atoms with van der Waals surface area (Å²) in [4.78, 5) is 31.2. The van der Waals surface area contributed by atoms with Crippen LogP contribution in [0, 0.1) is 10.1 Å². The number of anilines is 1. The third-order valence-corrected chi connectivity index (χ3v) is 7.96. The Labute approximate surface area is 245 Å². The molecule has 5 rings (SSSR count). The summed E-state index contributed by atoms with van der Waals surface area (Å²) in [6.45, 7) is 4.17. The fourth-order valence-electron chi connectivity index (χ4n) is 4.14. The number of halogens is 2. The number of thioether (sulfide) groups is 1. The molecule has 0 aliphatic carbocycles. The molecule has 2 heterocycles. The zero-order chi connectivity index (χ0) is 28.4. The van der Waals surface area contributed by atoms with Crippen LogP contribution in [0.4, 0.5) is 17.1 Å².